The molecule has 1 heterocycles. The number of nitrogens with zero attached hydrogens (tertiary/aromatic N) is 1. The third-order valence-electron chi connectivity index (χ3n) is 2.92. The minimum atomic E-state index is -3.81. The number of aryl methyl sites for hydroxylation is 1. The summed E-state index contributed by atoms with van der Waals surface area (Å²) in [6, 6.07) is 1.33. The molecule has 1 N–H and O–H groups in total. The van der Waals surface area contributed by atoms with Gasteiger partial charge in [0.05, 0.1) is 0 Å². The topological polar surface area (TPSA) is 68.2 Å². The number of rotatable bonds is 8. The minimum Gasteiger partial charge on any atom is -0.351 e. The Morgan fingerprint density at radius 3 is 2.55 bits per heavy atom. The molecule has 1 aromatic heterocycles. The summed E-state index contributed by atoms with van der Waals surface area (Å²) in [7, 11) is 1.51. The van der Waals surface area contributed by atoms with E-state index in [1.54, 1.807) is 4.57 Å². The molecule has 1 amide bonds. The molecule has 5 nitrogen and oxygen atoms in total. The first-order valence-electron chi connectivity index (χ1n) is 6.83. The number of amides is 1. The highest BCUT2D eigenvalue weighted by Crippen LogP contribution is 2.19. The summed E-state index contributed by atoms with van der Waals surface area (Å²) in [5.74, 6) is -0.263. The Morgan fingerprint density at radius 2 is 2.00 bits per heavy atom. The Balaban J connectivity index is 2.86. The van der Waals surface area contributed by atoms with Crippen LogP contribution in [-0.4, -0.2) is 25.4 Å². The Bertz CT molecular complexity index is 552. The van der Waals surface area contributed by atoms with Gasteiger partial charge in [0.1, 0.15) is 10.6 Å². The summed E-state index contributed by atoms with van der Waals surface area (Å²) in [5, 5.41) is 2.80. The molecule has 1 rings (SSSR count). The van der Waals surface area contributed by atoms with Crippen LogP contribution in [0.1, 0.15) is 50.0 Å². The van der Waals surface area contributed by atoms with Gasteiger partial charge in [0.15, 0.2) is 0 Å². The second-order valence-corrected chi connectivity index (χ2v) is 7.22. The molecule has 0 spiro atoms. The van der Waals surface area contributed by atoms with Gasteiger partial charge >= 0.3 is 0 Å². The van der Waals surface area contributed by atoms with E-state index in [2.05, 4.69) is 12.2 Å². The van der Waals surface area contributed by atoms with Crippen LogP contribution in [0.25, 0.3) is 0 Å². The first-order chi connectivity index (χ1) is 9.40. The number of carbonyl (C=O) groups is 1. The molecule has 114 valence electrons. The van der Waals surface area contributed by atoms with Crippen LogP contribution in [0.4, 0.5) is 0 Å². The Morgan fingerprint density at radius 1 is 1.30 bits per heavy atom. The third kappa shape index (κ3) is 4.83. The summed E-state index contributed by atoms with van der Waals surface area (Å²) < 4.78 is 24.3. The van der Waals surface area contributed by atoms with Crippen molar-refractivity contribution in [1.29, 1.82) is 0 Å². The summed E-state index contributed by atoms with van der Waals surface area (Å²) in [6.07, 6.45) is 5.25. The van der Waals surface area contributed by atoms with Crippen molar-refractivity contribution in [2.75, 3.05) is 6.54 Å². The molecule has 7 heteroatoms. The summed E-state index contributed by atoms with van der Waals surface area (Å²) in [4.78, 5) is 12.0. The lowest BCUT2D eigenvalue weighted by Gasteiger charge is -2.08. The average molecular weight is 321 g/mol. The van der Waals surface area contributed by atoms with Crippen molar-refractivity contribution in [1.82, 2.24) is 9.88 Å². The molecular weight excluding hydrogens is 300 g/mol. The molecule has 0 atom stereocenters. The van der Waals surface area contributed by atoms with Gasteiger partial charge in [-0.2, -0.15) is 0 Å². The summed E-state index contributed by atoms with van der Waals surface area (Å²) in [5.41, 5.74) is 0.336. The van der Waals surface area contributed by atoms with Gasteiger partial charge in [-0.3, -0.25) is 4.79 Å². The van der Waals surface area contributed by atoms with Gasteiger partial charge in [-0.25, -0.2) is 8.42 Å². The molecule has 20 heavy (non-hydrogen) atoms. The average Bonchev–Trinajstić information content (AvgIpc) is 2.79. The number of carbonyl (C=O) groups excluding carboxylic acids is 1. The predicted molar refractivity (Wildman–Crippen MR) is 79.6 cm³/mol. The largest absolute Gasteiger partial charge is 0.351 e. The maximum absolute atomic E-state index is 12.1. The molecule has 0 saturated carbocycles. The summed E-state index contributed by atoms with van der Waals surface area (Å²) in [6.45, 7) is 5.21. The van der Waals surface area contributed by atoms with E-state index >= 15 is 0 Å². The predicted octanol–water partition coefficient (Wildman–Crippen LogP) is 2.75. The quantitative estimate of drug-likeness (QED) is 0.591. The molecule has 0 bridgehead atoms. The van der Waals surface area contributed by atoms with E-state index in [-0.39, 0.29) is 10.8 Å². The van der Waals surface area contributed by atoms with Gasteiger partial charge in [0.25, 0.3) is 15.0 Å². The first-order valence-corrected chi connectivity index (χ1v) is 9.14. The van der Waals surface area contributed by atoms with E-state index in [4.69, 9.17) is 10.7 Å². The highest BCUT2D eigenvalue weighted by molar-refractivity contribution is 8.13. The zero-order chi connectivity index (χ0) is 15.2. The number of nitrogens with one attached hydrogen (secondary N) is 1. The van der Waals surface area contributed by atoms with Crippen molar-refractivity contribution in [3.05, 3.63) is 18.0 Å². The Hall–Kier alpha value is -1.01. The van der Waals surface area contributed by atoms with Crippen molar-refractivity contribution < 1.29 is 13.2 Å². The maximum atomic E-state index is 12.1. The van der Waals surface area contributed by atoms with Crippen LogP contribution in [0.15, 0.2) is 17.2 Å². The lowest BCUT2D eigenvalue weighted by Crippen LogP contribution is -2.26. The highest BCUT2D eigenvalue weighted by Gasteiger charge is 2.19. The van der Waals surface area contributed by atoms with Crippen molar-refractivity contribution in [2.24, 2.45) is 0 Å². The fraction of sp³-hybridized carbons (Fsp3) is 0.615. The molecule has 0 unspecified atom stereocenters. The zero-order valence-corrected chi connectivity index (χ0v) is 13.4. The summed E-state index contributed by atoms with van der Waals surface area (Å²) >= 11 is 0. The number of aromatic nitrogens is 1. The lowest BCUT2D eigenvalue weighted by atomic mass is 10.2. The van der Waals surface area contributed by atoms with Crippen molar-refractivity contribution in [3.63, 3.8) is 0 Å². The second-order valence-electron chi connectivity index (χ2n) is 4.66. The van der Waals surface area contributed by atoms with Crippen LogP contribution in [0.3, 0.4) is 0 Å². The van der Waals surface area contributed by atoms with E-state index in [0.29, 0.717) is 18.8 Å². The van der Waals surface area contributed by atoms with Crippen LogP contribution >= 0.6 is 10.7 Å². The standard InChI is InChI=1S/C13H21ClN2O3S/c1-3-5-6-7-15-13(17)12-9-11(20(14,18)19)10-16(12)8-4-2/h9-10H,3-8H2,1-2H3,(H,15,17). The third-order valence-corrected chi connectivity index (χ3v) is 4.24. The number of hydrogen-bond acceptors (Lipinski definition) is 3. The zero-order valence-electron chi connectivity index (χ0n) is 11.9. The van der Waals surface area contributed by atoms with Gasteiger partial charge in [-0.1, -0.05) is 26.7 Å². The maximum Gasteiger partial charge on any atom is 0.267 e. The van der Waals surface area contributed by atoms with Gasteiger partial charge in [0.2, 0.25) is 0 Å². The van der Waals surface area contributed by atoms with Gasteiger partial charge in [0, 0.05) is 30.0 Å². The van der Waals surface area contributed by atoms with Crippen LogP contribution < -0.4 is 5.32 Å². The number of unbranched alkanes of at least 4 members (excludes halogenated alkanes) is 2. The molecule has 0 aliphatic heterocycles. The van der Waals surface area contributed by atoms with E-state index in [0.717, 1.165) is 25.7 Å². The first kappa shape index (κ1) is 17.0. The van der Waals surface area contributed by atoms with Crippen molar-refractivity contribution in [3.8, 4) is 0 Å². The Labute approximate surface area is 124 Å². The van der Waals surface area contributed by atoms with E-state index in [1.165, 1.54) is 12.3 Å². The van der Waals surface area contributed by atoms with Crippen LogP contribution in [-0.2, 0) is 15.6 Å². The van der Waals surface area contributed by atoms with Crippen molar-refractivity contribution in [2.45, 2.75) is 51.0 Å². The van der Waals surface area contributed by atoms with Crippen molar-refractivity contribution >= 4 is 25.6 Å². The van der Waals surface area contributed by atoms with Crippen LogP contribution in [0.2, 0.25) is 0 Å². The molecule has 0 aliphatic rings. The Kier molecular flexibility index (Phi) is 6.55. The highest BCUT2D eigenvalue weighted by atomic mass is 35.7. The molecule has 0 fully saturated rings. The fourth-order valence-electron chi connectivity index (χ4n) is 1.90. The SMILES string of the molecule is CCCCCNC(=O)c1cc(S(=O)(=O)Cl)cn1CCC. The molecule has 0 aromatic carbocycles. The molecular formula is C13H21ClN2O3S. The van der Waals surface area contributed by atoms with E-state index in [9.17, 15) is 13.2 Å². The lowest BCUT2D eigenvalue weighted by molar-refractivity contribution is 0.0943. The molecule has 0 saturated heterocycles. The minimum absolute atomic E-state index is 0.0358. The van der Waals surface area contributed by atoms with E-state index < -0.39 is 9.05 Å². The molecule has 0 aliphatic carbocycles. The smallest absolute Gasteiger partial charge is 0.267 e. The fourth-order valence-corrected chi connectivity index (χ4v) is 2.66. The van der Waals surface area contributed by atoms with Crippen LogP contribution in [0, 0.1) is 0 Å². The van der Waals surface area contributed by atoms with Gasteiger partial charge in [-0.05, 0) is 18.9 Å². The number of hydrogen-bond donors (Lipinski definition) is 1. The van der Waals surface area contributed by atoms with E-state index in [1.807, 2.05) is 6.92 Å². The normalized spacial score (nSPS) is 11.6. The van der Waals surface area contributed by atoms with Gasteiger partial charge in [-0.15, -0.1) is 0 Å². The van der Waals surface area contributed by atoms with Crippen LogP contribution in [0.5, 0.6) is 0 Å². The molecule has 1 aromatic rings. The monoisotopic (exact) mass is 320 g/mol. The van der Waals surface area contributed by atoms with Gasteiger partial charge < -0.3 is 9.88 Å². The second kappa shape index (κ2) is 7.69. The number of halogens is 1. The molecule has 0 radical (unpaired) electrons.